The molecule has 2 atom stereocenters. The minimum Gasteiger partial charge on any atom is -0.327 e. The minimum absolute atomic E-state index is 0.269. The number of aryl methyl sites for hydroxylation is 1. The molecule has 0 saturated heterocycles. The lowest BCUT2D eigenvalue weighted by Crippen LogP contribution is -2.29. The first-order valence-corrected chi connectivity index (χ1v) is 5.42. The van der Waals surface area contributed by atoms with Crippen LogP contribution in [0.4, 0.5) is 0 Å². The van der Waals surface area contributed by atoms with Gasteiger partial charge in [-0.05, 0) is 6.42 Å². The highest BCUT2D eigenvalue weighted by Gasteiger charge is 2.12. The number of rotatable bonds is 4. The maximum absolute atomic E-state index is 5.92. The van der Waals surface area contributed by atoms with Gasteiger partial charge in [0, 0.05) is 29.4 Å². The van der Waals surface area contributed by atoms with Crippen LogP contribution in [-0.2, 0) is 7.05 Å². The molecule has 0 aromatic carbocycles. The molecule has 1 aromatic rings. The molecule has 3 nitrogen and oxygen atoms in total. The summed E-state index contributed by atoms with van der Waals surface area (Å²) >= 11 is 1.79. The Balaban J connectivity index is 2.49. The fourth-order valence-corrected chi connectivity index (χ4v) is 2.21. The summed E-state index contributed by atoms with van der Waals surface area (Å²) in [7, 11) is 1.93. The molecule has 13 heavy (non-hydrogen) atoms. The van der Waals surface area contributed by atoms with Crippen LogP contribution in [0, 0.1) is 0 Å². The third-order valence-electron chi connectivity index (χ3n) is 2.08. The molecule has 1 heterocycles. The zero-order valence-corrected chi connectivity index (χ0v) is 9.21. The van der Waals surface area contributed by atoms with Gasteiger partial charge in [-0.3, -0.25) is 4.68 Å². The van der Waals surface area contributed by atoms with Gasteiger partial charge in [0.05, 0.1) is 6.20 Å². The monoisotopic (exact) mass is 199 g/mol. The first-order valence-electron chi connectivity index (χ1n) is 4.54. The minimum atomic E-state index is 0.269. The standard InChI is InChI=1S/C9H17N3S/c1-4-9(10)7(2)13-8-5-11-12(3)6-8/h5-7,9H,4,10H2,1-3H3. The number of aromatic nitrogens is 2. The number of nitrogens with zero attached hydrogens (tertiary/aromatic N) is 2. The molecule has 1 rings (SSSR count). The second-order valence-electron chi connectivity index (χ2n) is 3.24. The van der Waals surface area contributed by atoms with Crippen LogP contribution in [0.3, 0.4) is 0 Å². The van der Waals surface area contributed by atoms with Crippen LogP contribution in [0.25, 0.3) is 0 Å². The Morgan fingerprint density at radius 1 is 1.69 bits per heavy atom. The quantitative estimate of drug-likeness (QED) is 0.750. The average molecular weight is 199 g/mol. The maximum Gasteiger partial charge on any atom is 0.0625 e. The Morgan fingerprint density at radius 3 is 2.85 bits per heavy atom. The van der Waals surface area contributed by atoms with Crippen LogP contribution >= 0.6 is 11.8 Å². The van der Waals surface area contributed by atoms with Crippen molar-refractivity contribution in [2.24, 2.45) is 12.8 Å². The highest BCUT2D eigenvalue weighted by atomic mass is 32.2. The Kier molecular flexibility index (Phi) is 3.81. The van der Waals surface area contributed by atoms with Crippen molar-refractivity contribution in [3.63, 3.8) is 0 Å². The van der Waals surface area contributed by atoms with Gasteiger partial charge >= 0.3 is 0 Å². The van der Waals surface area contributed by atoms with Crippen LogP contribution in [0.2, 0.25) is 0 Å². The lowest BCUT2D eigenvalue weighted by Gasteiger charge is -2.16. The molecule has 2 N–H and O–H groups in total. The summed E-state index contributed by atoms with van der Waals surface area (Å²) in [4.78, 5) is 1.19. The summed E-state index contributed by atoms with van der Waals surface area (Å²) < 4.78 is 1.81. The molecule has 0 fully saturated rings. The summed E-state index contributed by atoms with van der Waals surface area (Å²) in [5.74, 6) is 0. The molecule has 0 aliphatic rings. The van der Waals surface area contributed by atoms with E-state index in [0.29, 0.717) is 5.25 Å². The van der Waals surface area contributed by atoms with Gasteiger partial charge in [-0.1, -0.05) is 13.8 Å². The maximum atomic E-state index is 5.92. The van der Waals surface area contributed by atoms with Crippen LogP contribution in [-0.4, -0.2) is 21.1 Å². The highest BCUT2D eigenvalue weighted by molar-refractivity contribution is 8.00. The molecule has 0 amide bonds. The van der Waals surface area contributed by atoms with Gasteiger partial charge in [0.1, 0.15) is 0 Å². The van der Waals surface area contributed by atoms with Crippen molar-refractivity contribution >= 4 is 11.8 Å². The smallest absolute Gasteiger partial charge is 0.0625 e. The number of thioether (sulfide) groups is 1. The largest absolute Gasteiger partial charge is 0.327 e. The van der Waals surface area contributed by atoms with Crippen LogP contribution in [0.1, 0.15) is 20.3 Å². The Hall–Kier alpha value is -0.480. The van der Waals surface area contributed by atoms with Crippen LogP contribution in [0.5, 0.6) is 0 Å². The van der Waals surface area contributed by atoms with E-state index in [1.165, 1.54) is 4.90 Å². The zero-order chi connectivity index (χ0) is 9.84. The predicted molar refractivity (Wildman–Crippen MR) is 56.8 cm³/mol. The second-order valence-corrected chi connectivity index (χ2v) is 4.70. The van der Waals surface area contributed by atoms with Crippen molar-refractivity contribution < 1.29 is 0 Å². The average Bonchev–Trinajstić information content (AvgIpc) is 2.49. The van der Waals surface area contributed by atoms with Crippen molar-refractivity contribution in [1.29, 1.82) is 0 Å². The summed E-state index contributed by atoms with van der Waals surface area (Å²) in [5.41, 5.74) is 5.92. The third-order valence-corrected chi connectivity index (χ3v) is 3.28. The fraction of sp³-hybridized carbons (Fsp3) is 0.667. The molecule has 74 valence electrons. The van der Waals surface area contributed by atoms with E-state index in [1.54, 1.807) is 11.8 Å². The van der Waals surface area contributed by atoms with Gasteiger partial charge in [-0.15, -0.1) is 11.8 Å². The number of nitrogens with two attached hydrogens (primary N) is 1. The molecule has 4 heteroatoms. The highest BCUT2D eigenvalue weighted by Crippen LogP contribution is 2.24. The lowest BCUT2D eigenvalue weighted by molar-refractivity contribution is 0.642. The number of hydrogen-bond donors (Lipinski definition) is 1. The van der Waals surface area contributed by atoms with E-state index < -0.39 is 0 Å². The number of hydrogen-bond acceptors (Lipinski definition) is 3. The topological polar surface area (TPSA) is 43.8 Å². The SMILES string of the molecule is CCC(N)C(C)Sc1cnn(C)c1. The van der Waals surface area contributed by atoms with E-state index in [4.69, 9.17) is 5.73 Å². The summed E-state index contributed by atoms with van der Waals surface area (Å²) in [6, 6.07) is 0.269. The van der Waals surface area contributed by atoms with Crippen molar-refractivity contribution in [2.45, 2.75) is 36.5 Å². The first kappa shape index (κ1) is 10.6. The molecule has 0 saturated carbocycles. The van der Waals surface area contributed by atoms with Crippen molar-refractivity contribution in [3.8, 4) is 0 Å². The summed E-state index contributed by atoms with van der Waals surface area (Å²) in [5, 5.41) is 4.56. The van der Waals surface area contributed by atoms with Gasteiger partial charge in [0.2, 0.25) is 0 Å². The van der Waals surface area contributed by atoms with Gasteiger partial charge in [-0.25, -0.2) is 0 Å². The first-order chi connectivity index (χ1) is 6.13. The molecular formula is C9H17N3S. The zero-order valence-electron chi connectivity index (χ0n) is 8.40. The van der Waals surface area contributed by atoms with Crippen LogP contribution in [0.15, 0.2) is 17.3 Å². The van der Waals surface area contributed by atoms with Gasteiger partial charge in [-0.2, -0.15) is 5.10 Å². The fourth-order valence-electron chi connectivity index (χ4n) is 1.09. The molecule has 1 aromatic heterocycles. The van der Waals surface area contributed by atoms with Gasteiger partial charge in [0.25, 0.3) is 0 Å². The van der Waals surface area contributed by atoms with E-state index in [-0.39, 0.29) is 6.04 Å². The molecular weight excluding hydrogens is 182 g/mol. The van der Waals surface area contributed by atoms with Gasteiger partial charge < -0.3 is 5.73 Å². The Labute approximate surface area is 83.7 Å². The van der Waals surface area contributed by atoms with Crippen molar-refractivity contribution in [3.05, 3.63) is 12.4 Å². The van der Waals surface area contributed by atoms with Gasteiger partial charge in [0.15, 0.2) is 0 Å². The Bertz CT molecular complexity index is 259. The second kappa shape index (κ2) is 4.67. The van der Waals surface area contributed by atoms with Crippen molar-refractivity contribution in [1.82, 2.24) is 9.78 Å². The van der Waals surface area contributed by atoms with Crippen molar-refractivity contribution in [2.75, 3.05) is 0 Å². The Morgan fingerprint density at radius 2 is 2.38 bits per heavy atom. The molecule has 0 aliphatic carbocycles. The van der Waals surface area contributed by atoms with E-state index in [2.05, 4.69) is 18.9 Å². The van der Waals surface area contributed by atoms with E-state index >= 15 is 0 Å². The van der Waals surface area contributed by atoms with E-state index in [9.17, 15) is 0 Å². The molecule has 2 unspecified atom stereocenters. The lowest BCUT2D eigenvalue weighted by atomic mass is 10.2. The summed E-state index contributed by atoms with van der Waals surface area (Å²) in [6.45, 7) is 4.27. The van der Waals surface area contributed by atoms with E-state index in [0.717, 1.165) is 6.42 Å². The molecule has 0 bridgehead atoms. The molecule has 0 spiro atoms. The molecule has 0 radical (unpaired) electrons. The normalized spacial score (nSPS) is 15.7. The van der Waals surface area contributed by atoms with Crippen LogP contribution < -0.4 is 5.73 Å². The third kappa shape index (κ3) is 3.04. The summed E-state index contributed by atoms with van der Waals surface area (Å²) in [6.07, 6.45) is 4.92. The predicted octanol–water partition coefficient (Wildman–Crippen LogP) is 1.64. The van der Waals surface area contributed by atoms with E-state index in [1.807, 2.05) is 24.1 Å². The molecule has 0 aliphatic heterocycles.